The molecule has 0 spiro atoms. The lowest BCUT2D eigenvalue weighted by Crippen LogP contribution is -2.35. The third kappa shape index (κ3) is 11.1. The highest BCUT2D eigenvalue weighted by atomic mass is 28.3. The molecule has 49 heavy (non-hydrogen) atoms. The van der Waals surface area contributed by atoms with Crippen LogP contribution in [0.15, 0.2) is 54.0 Å². The van der Waals surface area contributed by atoms with Gasteiger partial charge in [-0.25, -0.2) is 40.9 Å². The third-order valence-corrected chi connectivity index (χ3v) is 10.8. The van der Waals surface area contributed by atoms with E-state index >= 15 is 0 Å². The Bertz CT molecular complexity index is 1920. The summed E-state index contributed by atoms with van der Waals surface area (Å²) in [6.45, 7) is 15.5. The number of nitrogens with one attached hydrogen (secondary N) is 1. The topological polar surface area (TPSA) is 68.3 Å². The van der Waals surface area contributed by atoms with E-state index < -0.39 is 51.1 Å². The summed E-state index contributed by atoms with van der Waals surface area (Å²) in [4.78, 5) is 10.5. The van der Waals surface area contributed by atoms with Crippen LogP contribution >= 0.6 is 0 Å². The lowest BCUT2D eigenvalue weighted by Gasteiger charge is -2.15. The molecular formula is C34H42F6N5O2Si2+. The summed E-state index contributed by atoms with van der Waals surface area (Å²) in [5.41, 5.74) is 2.29. The second-order valence-electron chi connectivity index (χ2n) is 14.1. The van der Waals surface area contributed by atoms with Crippen molar-refractivity contribution in [3.05, 3.63) is 89.5 Å². The first-order valence-corrected chi connectivity index (χ1v) is 23.2. The molecule has 1 aliphatic heterocycles. The number of hydrogen-bond donors (Lipinski definition) is 1. The number of rotatable bonds is 10. The summed E-state index contributed by atoms with van der Waals surface area (Å²) in [5, 5.41) is 0. The smallest absolute Gasteiger partial charge is 0.244 e. The fraction of sp³-hybridized carbons (Fsp3) is 0.382. The summed E-state index contributed by atoms with van der Waals surface area (Å²) >= 11 is 0. The molecule has 6 rings (SSSR count). The van der Waals surface area contributed by atoms with E-state index in [4.69, 9.17) is 9.47 Å². The Hall–Kier alpha value is -3.80. The number of benzene rings is 3. The molecule has 264 valence electrons. The first-order valence-electron chi connectivity index (χ1n) is 15.8. The molecule has 5 aromatic rings. The van der Waals surface area contributed by atoms with Gasteiger partial charge < -0.3 is 14.0 Å². The molecule has 0 amide bonds. The highest BCUT2D eigenvalue weighted by Crippen LogP contribution is 2.28. The first kappa shape index (κ1) is 38.0. The molecule has 3 heterocycles. The van der Waals surface area contributed by atoms with Gasteiger partial charge in [-0.2, -0.15) is 0 Å². The Morgan fingerprint density at radius 3 is 2.08 bits per heavy atom. The van der Waals surface area contributed by atoms with Crippen LogP contribution in [0.2, 0.25) is 51.4 Å². The Morgan fingerprint density at radius 1 is 0.776 bits per heavy atom. The van der Waals surface area contributed by atoms with Crippen molar-refractivity contribution in [3.8, 4) is 0 Å². The zero-order chi connectivity index (χ0) is 35.9. The van der Waals surface area contributed by atoms with E-state index in [1.807, 2.05) is 0 Å². The average Bonchev–Trinajstić information content (AvgIpc) is 3.72. The van der Waals surface area contributed by atoms with E-state index in [-0.39, 0.29) is 24.7 Å². The lowest BCUT2D eigenvalue weighted by molar-refractivity contribution is -0.709. The predicted octanol–water partition coefficient (Wildman–Crippen LogP) is 8.90. The second kappa shape index (κ2) is 16.3. The maximum atomic E-state index is 13.7. The monoisotopic (exact) mass is 722 g/mol. The number of halogens is 6. The SMILES string of the molecule is C[Si](C)(C)CCOC[n+]1c[nH]c2cc(F)cc(F)c21.C[Si](C)(C)CCOCn1cnc2c(F)cc(F)cc21.Fc1cc(F)c2c(c1)CC=N2. The van der Waals surface area contributed by atoms with E-state index in [2.05, 4.69) is 54.2 Å². The molecule has 15 heteroatoms. The van der Waals surface area contributed by atoms with Gasteiger partial charge >= 0.3 is 0 Å². The number of aliphatic imine (C=N–C) groups is 1. The van der Waals surface area contributed by atoms with Crippen molar-refractivity contribution in [3.63, 3.8) is 0 Å². The standard InChI is InChI=1S/2C13H18F2N2OSi.C8H5F2N/c1-19(2,3)5-4-18-9-17-8-16-13-11(15)6-10(14)7-12(13)17;1-19(2,3)5-4-18-9-17-8-16-12-7-10(14)6-11(15)13(12)17;9-6-3-5-1-2-11-8(5)7(10)4-6/h2*6-8H,4-5,9H2,1-3H3;2-4H,1H2/p+1. The van der Waals surface area contributed by atoms with Gasteiger partial charge in [0.1, 0.15) is 35.4 Å². The second-order valence-corrected chi connectivity index (χ2v) is 25.3. The zero-order valence-electron chi connectivity index (χ0n) is 28.5. The number of aromatic amines is 1. The number of aromatic nitrogens is 4. The number of H-pyrrole nitrogens is 1. The minimum Gasteiger partial charge on any atom is -0.361 e. The normalized spacial score (nSPS) is 12.6. The van der Waals surface area contributed by atoms with Crippen molar-refractivity contribution in [1.82, 2.24) is 14.5 Å². The van der Waals surface area contributed by atoms with Crippen molar-refractivity contribution in [2.45, 2.75) is 71.3 Å². The Balaban J connectivity index is 0.000000172. The zero-order valence-corrected chi connectivity index (χ0v) is 30.5. The van der Waals surface area contributed by atoms with Gasteiger partial charge in [0, 0.05) is 72.3 Å². The highest BCUT2D eigenvalue weighted by molar-refractivity contribution is 6.76. The molecule has 1 N–H and O–H groups in total. The van der Waals surface area contributed by atoms with Crippen LogP contribution in [0.1, 0.15) is 5.56 Å². The average molecular weight is 723 g/mol. The molecule has 0 bridgehead atoms. The van der Waals surface area contributed by atoms with E-state index in [1.54, 1.807) is 21.7 Å². The Labute approximate surface area is 283 Å². The number of fused-ring (bicyclic) bond motifs is 3. The van der Waals surface area contributed by atoms with Gasteiger partial charge in [0.2, 0.25) is 11.8 Å². The molecule has 2 aromatic heterocycles. The van der Waals surface area contributed by atoms with Gasteiger partial charge in [0.05, 0.1) is 11.8 Å². The number of imidazole rings is 2. The largest absolute Gasteiger partial charge is 0.361 e. The summed E-state index contributed by atoms with van der Waals surface area (Å²) in [5.74, 6) is -3.52. The highest BCUT2D eigenvalue weighted by Gasteiger charge is 2.18. The van der Waals surface area contributed by atoms with Crippen LogP contribution in [0.5, 0.6) is 0 Å². The maximum Gasteiger partial charge on any atom is 0.244 e. The van der Waals surface area contributed by atoms with E-state index in [0.717, 1.165) is 30.3 Å². The van der Waals surface area contributed by atoms with Gasteiger partial charge in [0.15, 0.2) is 29.7 Å². The Kier molecular flexibility index (Phi) is 12.6. The van der Waals surface area contributed by atoms with Gasteiger partial charge in [0.25, 0.3) is 0 Å². The summed E-state index contributed by atoms with van der Waals surface area (Å²) in [6.07, 6.45) is 5.18. The molecule has 0 radical (unpaired) electrons. The molecule has 0 unspecified atom stereocenters. The quantitative estimate of drug-likeness (QED) is 0.0678. The predicted molar refractivity (Wildman–Crippen MR) is 184 cm³/mol. The van der Waals surface area contributed by atoms with Gasteiger partial charge in [-0.05, 0) is 23.7 Å². The van der Waals surface area contributed by atoms with Crippen LogP contribution in [-0.4, -0.2) is 50.1 Å². The van der Waals surface area contributed by atoms with Gasteiger partial charge in [-0.15, -0.1) is 0 Å². The minimum absolute atomic E-state index is 0.176. The maximum absolute atomic E-state index is 13.7. The van der Waals surface area contributed by atoms with Crippen molar-refractivity contribution in [2.75, 3.05) is 13.2 Å². The number of ether oxygens (including phenoxy) is 2. The number of hydrogen-bond acceptors (Lipinski definition) is 4. The molecular weight excluding hydrogens is 681 g/mol. The van der Waals surface area contributed by atoms with E-state index in [0.29, 0.717) is 41.7 Å². The minimum atomic E-state index is -1.12. The van der Waals surface area contributed by atoms with E-state index in [1.165, 1.54) is 24.5 Å². The summed E-state index contributed by atoms with van der Waals surface area (Å²) in [7, 11) is -2.24. The van der Waals surface area contributed by atoms with Crippen LogP contribution in [0.3, 0.4) is 0 Å². The van der Waals surface area contributed by atoms with Crippen LogP contribution < -0.4 is 4.57 Å². The van der Waals surface area contributed by atoms with E-state index in [9.17, 15) is 26.3 Å². The molecule has 1 aliphatic rings. The fourth-order valence-electron chi connectivity index (χ4n) is 4.71. The Morgan fingerprint density at radius 2 is 1.39 bits per heavy atom. The summed E-state index contributed by atoms with van der Waals surface area (Å²) in [6, 6.07) is 8.55. The van der Waals surface area contributed by atoms with Crippen molar-refractivity contribution in [1.29, 1.82) is 0 Å². The molecule has 0 saturated heterocycles. The van der Waals surface area contributed by atoms with Crippen LogP contribution in [0.25, 0.3) is 22.1 Å². The van der Waals surface area contributed by atoms with Gasteiger partial charge in [-0.1, -0.05) is 39.3 Å². The molecule has 0 saturated carbocycles. The molecule has 0 aliphatic carbocycles. The lowest BCUT2D eigenvalue weighted by atomic mass is 10.1. The molecule has 0 atom stereocenters. The van der Waals surface area contributed by atoms with Crippen molar-refractivity contribution < 1.29 is 40.4 Å². The van der Waals surface area contributed by atoms with Gasteiger partial charge in [-0.3, -0.25) is 4.99 Å². The molecule has 7 nitrogen and oxygen atoms in total. The third-order valence-electron chi connectivity index (χ3n) is 7.43. The van der Waals surface area contributed by atoms with Crippen molar-refractivity contribution in [2.24, 2.45) is 4.99 Å². The van der Waals surface area contributed by atoms with Crippen molar-refractivity contribution >= 4 is 50.1 Å². The number of nitrogens with zero attached hydrogens (tertiary/aromatic N) is 4. The first-order chi connectivity index (χ1) is 23.0. The van der Waals surface area contributed by atoms with Crippen LogP contribution in [0.4, 0.5) is 32.0 Å². The molecule has 3 aromatic carbocycles. The van der Waals surface area contributed by atoms with Crippen LogP contribution in [0, 0.1) is 34.9 Å². The summed E-state index contributed by atoms with van der Waals surface area (Å²) < 4.78 is 93.1. The fourth-order valence-corrected chi connectivity index (χ4v) is 6.22. The van der Waals surface area contributed by atoms with Crippen LogP contribution in [-0.2, 0) is 29.4 Å². The molecule has 0 fully saturated rings.